The van der Waals surface area contributed by atoms with Crippen LogP contribution in [0.1, 0.15) is 41.4 Å². The number of aryl methyl sites for hydroxylation is 1. The Bertz CT molecular complexity index is 863. The smallest absolute Gasteiger partial charge is 0.251 e. The van der Waals surface area contributed by atoms with Gasteiger partial charge in [0.25, 0.3) is 5.91 Å². The lowest BCUT2D eigenvalue weighted by Gasteiger charge is -2.25. The molecule has 2 aromatic rings. The van der Waals surface area contributed by atoms with Crippen LogP contribution >= 0.6 is 0 Å². The zero-order valence-electron chi connectivity index (χ0n) is 16.5. The molecular weight excluding hydrogens is 356 g/mol. The molecule has 0 bridgehead atoms. The highest BCUT2D eigenvalue weighted by atomic mass is 16.6. The summed E-state index contributed by atoms with van der Waals surface area (Å²) in [5, 5.41) is 5.68. The fraction of sp³-hybridized carbons (Fsp3) is 0.364. The van der Waals surface area contributed by atoms with Crippen LogP contribution in [0, 0.1) is 12.8 Å². The van der Waals surface area contributed by atoms with Gasteiger partial charge in [0.2, 0.25) is 5.91 Å². The Kier molecular flexibility index (Phi) is 6.19. The van der Waals surface area contributed by atoms with Gasteiger partial charge < -0.3 is 20.1 Å². The number of fused-ring (bicyclic) bond motifs is 1. The van der Waals surface area contributed by atoms with Gasteiger partial charge in [0, 0.05) is 5.56 Å². The topological polar surface area (TPSA) is 76.7 Å². The molecule has 0 saturated carbocycles. The summed E-state index contributed by atoms with van der Waals surface area (Å²) in [4.78, 5) is 24.7. The Hall–Kier alpha value is -3.02. The molecule has 0 aromatic heterocycles. The van der Waals surface area contributed by atoms with Crippen LogP contribution in [-0.2, 0) is 4.79 Å². The van der Waals surface area contributed by atoms with Crippen molar-refractivity contribution in [2.45, 2.75) is 26.8 Å². The molecule has 2 amide bonds. The van der Waals surface area contributed by atoms with Crippen LogP contribution in [0.3, 0.4) is 0 Å². The van der Waals surface area contributed by atoms with E-state index in [1.165, 1.54) is 0 Å². The van der Waals surface area contributed by atoms with E-state index in [2.05, 4.69) is 10.6 Å². The van der Waals surface area contributed by atoms with Crippen molar-refractivity contribution >= 4 is 11.8 Å². The molecule has 0 aliphatic carbocycles. The Morgan fingerprint density at radius 1 is 1.04 bits per heavy atom. The van der Waals surface area contributed by atoms with Crippen molar-refractivity contribution in [3.63, 3.8) is 0 Å². The van der Waals surface area contributed by atoms with Crippen LogP contribution in [0.4, 0.5) is 0 Å². The summed E-state index contributed by atoms with van der Waals surface area (Å²) in [6.07, 6.45) is 0. The highest BCUT2D eigenvalue weighted by molar-refractivity contribution is 5.96. The summed E-state index contributed by atoms with van der Waals surface area (Å²) in [5.41, 5.74) is 2.48. The van der Waals surface area contributed by atoms with Gasteiger partial charge in [0.15, 0.2) is 11.5 Å². The highest BCUT2D eigenvalue weighted by Crippen LogP contribution is 2.34. The molecule has 2 N–H and O–H groups in total. The molecule has 1 heterocycles. The lowest BCUT2D eigenvalue weighted by molar-refractivity contribution is -0.121. The quantitative estimate of drug-likeness (QED) is 0.805. The standard InChI is InChI=1S/C22H26N2O4/c1-14(2)21(16-7-8-18-19(12-16)28-10-9-27-18)24-20(25)13-23-22(26)17-6-4-5-15(3)11-17/h4-8,11-12,14,21H,9-10,13H2,1-3H3,(H,23,26)(H,24,25)/t21-/m1/s1. The maximum Gasteiger partial charge on any atom is 0.251 e. The summed E-state index contributed by atoms with van der Waals surface area (Å²) in [7, 11) is 0. The second-order valence-corrected chi connectivity index (χ2v) is 7.24. The van der Waals surface area contributed by atoms with E-state index in [1.54, 1.807) is 12.1 Å². The molecule has 0 radical (unpaired) electrons. The number of rotatable bonds is 6. The molecule has 6 heteroatoms. The number of hydrogen-bond donors (Lipinski definition) is 2. The first kappa shape index (κ1) is 19.7. The molecular formula is C22H26N2O4. The predicted molar refractivity (Wildman–Crippen MR) is 107 cm³/mol. The molecule has 6 nitrogen and oxygen atoms in total. The predicted octanol–water partition coefficient (Wildman–Crippen LogP) is 3.01. The van der Waals surface area contributed by atoms with Crippen LogP contribution in [0.5, 0.6) is 11.5 Å². The van der Waals surface area contributed by atoms with Gasteiger partial charge in [-0.1, -0.05) is 37.6 Å². The van der Waals surface area contributed by atoms with Crippen LogP contribution in [0.2, 0.25) is 0 Å². The van der Waals surface area contributed by atoms with Gasteiger partial charge in [-0.25, -0.2) is 0 Å². The summed E-state index contributed by atoms with van der Waals surface area (Å²) >= 11 is 0. The summed E-state index contributed by atoms with van der Waals surface area (Å²) in [6.45, 7) is 6.96. The van der Waals surface area contributed by atoms with Crippen LogP contribution in [0.25, 0.3) is 0 Å². The molecule has 0 unspecified atom stereocenters. The van der Waals surface area contributed by atoms with Crippen molar-refractivity contribution in [3.05, 3.63) is 59.2 Å². The highest BCUT2D eigenvalue weighted by Gasteiger charge is 2.21. The normalized spacial score (nSPS) is 13.7. The van der Waals surface area contributed by atoms with Gasteiger partial charge in [-0.3, -0.25) is 9.59 Å². The largest absolute Gasteiger partial charge is 0.486 e. The Morgan fingerprint density at radius 3 is 2.50 bits per heavy atom. The number of amides is 2. The molecule has 148 valence electrons. The minimum atomic E-state index is -0.265. The van der Waals surface area contributed by atoms with Gasteiger partial charge in [0.05, 0.1) is 12.6 Å². The maximum absolute atomic E-state index is 12.4. The van der Waals surface area contributed by atoms with E-state index in [-0.39, 0.29) is 30.3 Å². The third kappa shape index (κ3) is 4.82. The second-order valence-electron chi connectivity index (χ2n) is 7.24. The Morgan fingerprint density at radius 2 is 1.79 bits per heavy atom. The van der Waals surface area contributed by atoms with Crippen LogP contribution in [-0.4, -0.2) is 31.6 Å². The monoisotopic (exact) mass is 382 g/mol. The Balaban J connectivity index is 1.62. The third-order valence-corrected chi connectivity index (χ3v) is 4.60. The van der Waals surface area contributed by atoms with Crippen molar-refractivity contribution in [2.75, 3.05) is 19.8 Å². The van der Waals surface area contributed by atoms with Gasteiger partial charge in [-0.15, -0.1) is 0 Å². The molecule has 0 fully saturated rings. The van der Waals surface area contributed by atoms with E-state index in [0.29, 0.717) is 30.3 Å². The molecule has 3 rings (SSSR count). The second kappa shape index (κ2) is 8.78. The molecule has 1 atom stereocenters. The molecule has 28 heavy (non-hydrogen) atoms. The zero-order valence-corrected chi connectivity index (χ0v) is 16.5. The van der Waals surface area contributed by atoms with Gasteiger partial charge in [-0.2, -0.15) is 0 Å². The third-order valence-electron chi connectivity index (χ3n) is 4.60. The van der Waals surface area contributed by atoms with E-state index in [1.807, 2.05) is 51.1 Å². The maximum atomic E-state index is 12.4. The van der Waals surface area contributed by atoms with E-state index in [9.17, 15) is 9.59 Å². The SMILES string of the molecule is Cc1cccc(C(=O)NCC(=O)N[C@@H](c2ccc3c(c2)OCCO3)C(C)C)c1. The first-order valence-electron chi connectivity index (χ1n) is 9.48. The van der Waals surface area contributed by atoms with E-state index < -0.39 is 0 Å². The fourth-order valence-electron chi connectivity index (χ4n) is 3.16. The first-order chi connectivity index (χ1) is 13.4. The summed E-state index contributed by atoms with van der Waals surface area (Å²) in [6, 6.07) is 12.8. The fourth-order valence-corrected chi connectivity index (χ4v) is 3.16. The van der Waals surface area contributed by atoms with Gasteiger partial charge in [-0.05, 0) is 42.7 Å². The number of carbonyl (C=O) groups is 2. The van der Waals surface area contributed by atoms with E-state index >= 15 is 0 Å². The van der Waals surface area contributed by atoms with Gasteiger partial charge >= 0.3 is 0 Å². The summed E-state index contributed by atoms with van der Waals surface area (Å²) < 4.78 is 11.2. The van der Waals surface area contributed by atoms with Crippen molar-refractivity contribution < 1.29 is 19.1 Å². The number of benzene rings is 2. The lowest BCUT2D eigenvalue weighted by Crippen LogP contribution is -2.40. The van der Waals surface area contributed by atoms with Crippen molar-refractivity contribution in [3.8, 4) is 11.5 Å². The molecule has 2 aromatic carbocycles. The summed E-state index contributed by atoms with van der Waals surface area (Å²) in [5.74, 6) is 1.07. The number of nitrogens with one attached hydrogen (secondary N) is 2. The molecule has 1 aliphatic rings. The average molecular weight is 382 g/mol. The minimum Gasteiger partial charge on any atom is -0.486 e. The number of ether oxygens (including phenoxy) is 2. The van der Waals surface area contributed by atoms with Crippen molar-refractivity contribution in [1.29, 1.82) is 0 Å². The first-order valence-corrected chi connectivity index (χ1v) is 9.48. The lowest BCUT2D eigenvalue weighted by atomic mass is 9.95. The molecule has 0 spiro atoms. The zero-order chi connectivity index (χ0) is 20.1. The van der Waals surface area contributed by atoms with E-state index in [4.69, 9.17) is 9.47 Å². The minimum absolute atomic E-state index is 0.0828. The molecule has 0 saturated heterocycles. The number of hydrogen-bond acceptors (Lipinski definition) is 4. The van der Waals surface area contributed by atoms with E-state index in [0.717, 1.165) is 11.1 Å². The van der Waals surface area contributed by atoms with Crippen molar-refractivity contribution in [1.82, 2.24) is 10.6 Å². The average Bonchev–Trinajstić information content (AvgIpc) is 2.69. The number of carbonyl (C=O) groups excluding carboxylic acids is 2. The van der Waals surface area contributed by atoms with Gasteiger partial charge in [0.1, 0.15) is 13.2 Å². The molecule has 1 aliphatic heterocycles. The van der Waals surface area contributed by atoms with Crippen LogP contribution < -0.4 is 20.1 Å². The Labute approximate surface area is 165 Å². The van der Waals surface area contributed by atoms with Crippen LogP contribution in [0.15, 0.2) is 42.5 Å². The van der Waals surface area contributed by atoms with Crippen molar-refractivity contribution in [2.24, 2.45) is 5.92 Å².